The van der Waals surface area contributed by atoms with Gasteiger partial charge < -0.3 is 21.3 Å². The molecule has 0 heterocycles. The number of guanidine groups is 1. The number of hydrogen-bond donors (Lipinski definition) is 4. The first kappa shape index (κ1) is 22.9. The average molecular weight is 410 g/mol. The van der Waals surface area contributed by atoms with Crippen LogP contribution in [0.1, 0.15) is 39.6 Å². The van der Waals surface area contributed by atoms with Crippen LogP contribution in [0.4, 0.5) is 0 Å². The molecule has 2 aromatic rings. The van der Waals surface area contributed by atoms with Crippen molar-refractivity contribution in [3.63, 3.8) is 0 Å². The van der Waals surface area contributed by atoms with Gasteiger partial charge in [-0.1, -0.05) is 30.3 Å². The van der Waals surface area contributed by atoms with Crippen molar-refractivity contribution in [2.75, 3.05) is 33.2 Å². The zero-order valence-electron chi connectivity index (χ0n) is 17.7. The predicted molar refractivity (Wildman–Crippen MR) is 121 cm³/mol. The van der Waals surface area contributed by atoms with Crippen LogP contribution >= 0.6 is 0 Å². The summed E-state index contributed by atoms with van der Waals surface area (Å²) in [6, 6.07) is 16.8. The summed E-state index contributed by atoms with van der Waals surface area (Å²) >= 11 is 0. The quantitative estimate of drug-likeness (QED) is 0.274. The third kappa shape index (κ3) is 7.95. The number of rotatable bonds is 10. The molecule has 0 aliphatic heterocycles. The molecule has 0 atom stereocenters. The molecular weight excluding hydrogens is 378 g/mol. The van der Waals surface area contributed by atoms with Gasteiger partial charge in [0.05, 0.1) is 0 Å². The van der Waals surface area contributed by atoms with Crippen LogP contribution in [0, 0.1) is 0 Å². The number of carbonyl (C=O) groups excluding carboxylic acids is 2. The molecule has 0 saturated heterocycles. The topological polar surface area (TPSA) is 94.6 Å². The highest BCUT2D eigenvalue weighted by Crippen LogP contribution is 2.05. The average Bonchev–Trinajstić information content (AvgIpc) is 2.79. The van der Waals surface area contributed by atoms with Crippen LogP contribution in [0.5, 0.6) is 0 Å². The molecule has 160 valence electrons. The van der Waals surface area contributed by atoms with Crippen LogP contribution in [0.25, 0.3) is 0 Å². The molecule has 2 rings (SSSR count). The van der Waals surface area contributed by atoms with Gasteiger partial charge >= 0.3 is 0 Å². The minimum Gasteiger partial charge on any atom is -0.357 e. The molecule has 0 radical (unpaired) electrons. The summed E-state index contributed by atoms with van der Waals surface area (Å²) in [5, 5.41) is 12.1. The van der Waals surface area contributed by atoms with E-state index in [1.165, 1.54) is 0 Å². The number of aliphatic imine (C=N–C) groups is 1. The van der Waals surface area contributed by atoms with Crippen molar-refractivity contribution in [3.8, 4) is 0 Å². The molecule has 0 bridgehead atoms. The molecule has 0 aromatic heterocycles. The highest BCUT2D eigenvalue weighted by Gasteiger charge is 2.05. The third-order valence-corrected chi connectivity index (χ3v) is 4.39. The van der Waals surface area contributed by atoms with E-state index in [0.29, 0.717) is 30.8 Å². The Kier molecular flexibility index (Phi) is 9.92. The Morgan fingerprint density at radius 2 is 1.63 bits per heavy atom. The van der Waals surface area contributed by atoms with Gasteiger partial charge in [0.25, 0.3) is 11.8 Å². The summed E-state index contributed by atoms with van der Waals surface area (Å²) in [6.07, 6.45) is 1.53. The fourth-order valence-corrected chi connectivity index (χ4v) is 2.84. The van der Waals surface area contributed by atoms with E-state index in [9.17, 15) is 9.59 Å². The first-order valence-corrected chi connectivity index (χ1v) is 10.3. The summed E-state index contributed by atoms with van der Waals surface area (Å²) < 4.78 is 0. The van der Waals surface area contributed by atoms with Gasteiger partial charge in [-0.2, -0.15) is 0 Å². The molecule has 0 aliphatic carbocycles. The maximum atomic E-state index is 12.0. The normalized spacial score (nSPS) is 10.9. The van der Waals surface area contributed by atoms with Crippen LogP contribution in [0.2, 0.25) is 0 Å². The standard InChI is InChI=1S/C23H31N5O2/c1-3-25-23(27-15-8-14-26-22(30)19-10-5-4-6-11-19)28-16-13-18-9-7-12-20(17-18)21(29)24-2/h4-7,9-12,17H,3,8,13-16H2,1-2H3,(H,24,29)(H,26,30)(H2,25,27,28). The number of nitrogens with one attached hydrogen (secondary N) is 4. The fourth-order valence-electron chi connectivity index (χ4n) is 2.84. The Hall–Kier alpha value is -3.35. The lowest BCUT2D eigenvalue weighted by molar-refractivity contribution is 0.0949. The van der Waals surface area contributed by atoms with Gasteiger partial charge in [-0.25, -0.2) is 0 Å². The summed E-state index contributed by atoms with van der Waals surface area (Å²) in [4.78, 5) is 28.3. The maximum Gasteiger partial charge on any atom is 0.251 e. The van der Waals surface area contributed by atoms with Gasteiger partial charge in [-0.05, 0) is 49.6 Å². The minimum absolute atomic E-state index is 0.0661. The fraction of sp³-hybridized carbons (Fsp3) is 0.348. The second-order valence-electron chi connectivity index (χ2n) is 6.69. The zero-order valence-corrected chi connectivity index (χ0v) is 17.7. The van der Waals surface area contributed by atoms with Gasteiger partial charge in [0.2, 0.25) is 0 Å². The van der Waals surface area contributed by atoms with E-state index in [0.717, 1.165) is 30.9 Å². The molecule has 2 amide bonds. The molecular formula is C23H31N5O2. The molecule has 4 N–H and O–H groups in total. The Balaban J connectivity index is 1.73. The Bertz CT molecular complexity index is 836. The largest absolute Gasteiger partial charge is 0.357 e. The van der Waals surface area contributed by atoms with E-state index < -0.39 is 0 Å². The SMILES string of the molecule is CCNC(=NCCCNC(=O)c1ccccc1)NCCc1cccc(C(=O)NC)c1. The van der Waals surface area contributed by atoms with Gasteiger partial charge in [0.15, 0.2) is 5.96 Å². The number of benzene rings is 2. The van der Waals surface area contributed by atoms with Gasteiger partial charge in [0, 0.05) is 44.4 Å². The molecule has 0 fully saturated rings. The van der Waals surface area contributed by atoms with E-state index in [2.05, 4.69) is 26.3 Å². The van der Waals surface area contributed by atoms with Crippen molar-refractivity contribution in [2.24, 2.45) is 4.99 Å². The van der Waals surface area contributed by atoms with E-state index in [4.69, 9.17) is 0 Å². The smallest absolute Gasteiger partial charge is 0.251 e. The van der Waals surface area contributed by atoms with Crippen molar-refractivity contribution in [1.29, 1.82) is 0 Å². The van der Waals surface area contributed by atoms with E-state index in [-0.39, 0.29) is 11.8 Å². The third-order valence-electron chi connectivity index (χ3n) is 4.39. The van der Waals surface area contributed by atoms with Crippen molar-refractivity contribution >= 4 is 17.8 Å². The summed E-state index contributed by atoms with van der Waals surface area (Å²) in [6.45, 7) is 4.67. The van der Waals surface area contributed by atoms with Crippen LogP contribution in [0.3, 0.4) is 0 Å². The molecule has 0 saturated carbocycles. The molecule has 0 unspecified atom stereocenters. The number of nitrogens with zero attached hydrogens (tertiary/aromatic N) is 1. The van der Waals surface area contributed by atoms with Gasteiger partial charge in [0.1, 0.15) is 0 Å². The second kappa shape index (κ2) is 13.0. The molecule has 0 spiro atoms. The number of amides is 2. The van der Waals surface area contributed by atoms with Crippen LogP contribution in [0.15, 0.2) is 59.6 Å². The highest BCUT2D eigenvalue weighted by molar-refractivity contribution is 5.94. The highest BCUT2D eigenvalue weighted by atomic mass is 16.2. The van der Waals surface area contributed by atoms with Crippen molar-refractivity contribution in [2.45, 2.75) is 19.8 Å². The molecule has 30 heavy (non-hydrogen) atoms. The Morgan fingerprint density at radius 3 is 2.37 bits per heavy atom. The number of carbonyl (C=O) groups is 2. The van der Waals surface area contributed by atoms with Crippen LogP contribution < -0.4 is 21.3 Å². The second-order valence-corrected chi connectivity index (χ2v) is 6.69. The van der Waals surface area contributed by atoms with Crippen molar-refractivity contribution in [3.05, 3.63) is 71.3 Å². The first-order chi connectivity index (χ1) is 14.6. The van der Waals surface area contributed by atoms with Crippen LogP contribution in [-0.2, 0) is 6.42 Å². The van der Waals surface area contributed by atoms with E-state index >= 15 is 0 Å². The lowest BCUT2D eigenvalue weighted by Crippen LogP contribution is -2.38. The number of hydrogen-bond acceptors (Lipinski definition) is 3. The zero-order chi connectivity index (χ0) is 21.6. The van der Waals surface area contributed by atoms with Gasteiger partial charge in [-0.15, -0.1) is 0 Å². The maximum absolute atomic E-state index is 12.0. The molecule has 2 aromatic carbocycles. The lowest BCUT2D eigenvalue weighted by atomic mass is 10.1. The summed E-state index contributed by atoms with van der Waals surface area (Å²) in [5.41, 5.74) is 2.41. The Morgan fingerprint density at radius 1 is 0.867 bits per heavy atom. The van der Waals surface area contributed by atoms with Crippen LogP contribution in [-0.4, -0.2) is 51.0 Å². The predicted octanol–water partition coefficient (Wildman–Crippen LogP) is 1.96. The Labute approximate surface area is 178 Å². The monoisotopic (exact) mass is 409 g/mol. The first-order valence-electron chi connectivity index (χ1n) is 10.3. The summed E-state index contributed by atoms with van der Waals surface area (Å²) in [7, 11) is 1.63. The molecule has 0 aliphatic rings. The van der Waals surface area contributed by atoms with E-state index in [1.807, 2.05) is 43.3 Å². The lowest BCUT2D eigenvalue weighted by Gasteiger charge is -2.12. The van der Waals surface area contributed by atoms with Gasteiger partial charge in [-0.3, -0.25) is 14.6 Å². The molecule has 7 nitrogen and oxygen atoms in total. The van der Waals surface area contributed by atoms with E-state index in [1.54, 1.807) is 25.2 Å². The molecule has 7 heteroatoms. The summed E-state index contributed by atoms with van der Waals surface area (Å²) in [5.74, 6) is 0.594. The van der Waals surface area contributed by atoms with Crippen molar-refractivity contribution in [1.82, 2.24) is 21.3 Å². The minimum atomic E-state index is -0.0842. The van der Waals surface area contributed by atoms with Crippen molar-refractivity contribution < 1.29 is 9.59 Å².